The summed E-state index contributed by atoms with van der Waals surface area (Å²) in [5.41, 5.74) is -3.51. The van der Waals surface area contributed by atoms with E-state index in [4.69, 9.17) is 0 Å². The first-order chi connectivity index (χ1) is 5.21. The molecule has 12 heavy (non-hydrogen) atoms. The van der Waals surface area contributed by atoms with Crippen molar-refractivity contribution < 1.29 is 18.3 Å². The fourth-order valence-electron chi connectivity index (χ4n) is 1.86. The van der Waals surface area contributed by atoms with Gasteiger partial charge in [0.2, 0.25) is 0 Å². The number of hydrogen-bond acceptors (Lipinski definition) is 1. The maximum atomic E-state index is 12.4. The molecule has 1 atom stereocenters. The van der Waals surface area contributed by atoms with Crippen LogP contribution in [0, 0.1) is 5.41 Å². The SMILES string of the molecule is CC1(C)CCCC1(O)C(F)(F)F. The summed E-state index contributed by atoms with van der Waals surface area (Å²) in [4.78, 5) is 0. The highest BCUT2D eigenvalue weighted by Crippen LogP contribution is 2.53. The molecule has 0 saturated heterocycles. The van der Waals surface area contributed by atoms with Crippen LogP contribution in [0.1, 0.15) is 33.1 Å². The van der Waals surface area contributed by atoms with E-state index in [1.807, 2.05) is 0 Å². The molecule has 0 aromatic carbocycles. The van der Waals surface area contributed by atoms with E-state index in [1.165, 1.54) is 13.8 Å². The molecule has 1 saturated carbocycles. The zero-order chi connectivity index (χ0) is 9.62. The summed E-state index contributed by atoms with van der Waals surface area (Å²) < 4.78 is 37.2. The van der Waals surface area contributed by atoms with Crippen LogP contribution in [0.4, 0.5) is 13.2 Å². The van der Waals surface area contributed by atoms with Crippen molar-refractivity contribution in [3.8, 4) is 0 Å². The summed E-state index contributed by atoms with van der Waals surface area (Å²) in [5.74, 6) is 0. The van der Waals surface area contributed by atoms with Gasteiger partial charge in [-0.25, -0.2) is 0 Å². The van der Waals surface area contributed by atoms with Gasteiger partial charge >= 0.3 is 6.18 Å². The van der Waals surface area contributed by atoms with E-state index >= 15 is 0 Å². The van der Waals surface area contributed by atoms with Crippen molar-refractivity contribution in [3.05, 3.63) is 0 Å². The number of halogens is 3. The summed E-state index contributed by atoms with van der Waals surface area (Å²) in [5, 5.41) is 9.43. The van der Waals surface area contributed by atoms with Crippen molar-refractivity contribution >= 4 is 0 Å². The van der Waals surface area contributed by atoms with Gasteiger partial charge in [-0.2, -0.15) is 13.2 Å². The Balaban J connectivity index is 2.98. The zero-order valence-corrected chi connectivity index (χ0v) is 7.20. The predicted octanol–water partition coefficient (Wildman–Crippen LogP) is 2.49. The van der Waals surface area contributed by atoms with E-state index in [0.717, 1.165) is 0 Å². The largest absolute Gasteiger partial charge is 0.417 e. The first-order valence-electron chi connectivity index (χ1n) is 4.00. The second kappa shape index (κ2) is 2.37. The van der Waals surface area contributed by atoms with Crippen LogP contribution in [0.5, 0.6) is 0 Å². The second-order valence-electron chi connectivity index (χ2n) is 4.10. The summed E-state index contributed by atoms with van der Waals surface area (Å²) >= 11 is 0. The van der Waals surface area contributed by atoms with E-state index in [1.54, 1.807) is 0 Å². The first-order valence-corrected chi connectivity index (χ1v) is 4.00. The molecule has 0 aliphatic heterocycles. The Kier molecular flexibility index (Phi) is 1.95. The van der Waals surface area contributed by atoms with Gasteiger partial charge in [0.25, 0.3) is 0 Å². The molecule has 4 heteroatoms. The Hall–Kier alpha value is -0.250. The minimum Gasteiger partial charge on any atom is -0.380 e. The third kappa shape index (κ3) is 1.13. The fraction of sp³-hybridized carbons (Fsp3) is 1.00. The smallest absolute Gasteiger partial charge is 0.380 e. The van der Waals surface area contributed by atoms with Gasteiger partial charge < -0.3 is 5.11 Å². The minimum absolute atomic E-state index is 0.163. The van der Waals surface area contributed by atoms with Gasteiger partial charge in [-0.1, -0.05) is 13.8 Å². The van der Waals surface area contributed by atoms with E-state index in [9.17, 15) is 18.3 Å². The van der Waals surface area contributed by atoms with Crippen molar-refractivity contribution in [3.63, 3.8) is 0 Å². The van der Waals surface area contributed by atoms with Gasteiger partial charge in [-0.15, -0.1) is 0 Å². The molecular weight excluding hydrogens is 169 g/mol. The van der Waals surface area contributed by atoms with Crippen LogP contribution in [-0.4, -0.2) is 16.9 Å². The lowest BCUT2D eigenvalue weighted by molar-refractivity contribution is -0.288. The number of rotatable bonds is 0. The molecule has 0 aromatic rings. The molecule has 1 aliphatic rings. The Morgan fingerprint density at radius 3 is 1.83 bits per heavy atom. The Labute approximate surface area is 69.6 Å². The maximum absolute atomic E-state index is 12.4. The molecule has 1 N–H and O–H groups in total. The molecule has 1 nitrogen and oxygen atoms in total. The van der Waals surface area contributed by atoms with Crippen molar-refractivity contribution in [2.45, 2.75) is 44.9 Å². The number of alkyl halides is 3. The van der Waals surface area contributed by atoms with E-state index < -0.39 is 17.2 Å². The van der Waals surface area contributed by atoms with Crippen molar-refractivity contribution in [2.75, 3.05) is 0 Å². The molecule has 72 valence electrons. The molecule has 1 aliphatic carbocycles. The van der Waals surface area contributed by atoms with Crippen LogP contribution < -0.4 is 0 Å². The Bertz CT molecular complexity index is 185. The van der Waals surface area contributed by atoms with Crippen LogP contribution in [0.25, 0.3) is 0 Å². The van der Waals surface area contributed by atoms with Crippen molar-refractivity contribution in [1.29, 1.82) is 0 Å². The molecular formula is C8H13F3O. The van der Waals surface area contributed by atoms with E-state index in [0.29, 0.717) is 12.8 Å². The average molecular weight is 182 g/mol. The van der Waals surface area contributed by atoms with Crippen LogP contribution in [0.15, 0.2) is 0 Å². The average Bonchev–Trinajstić information content (AvgIpc) is 2.07. The van der Waals surface area contributed by atoms with Crippen LogP contribution >= 0.6 is 0 Å². The van der Waals surface area contributed by atoms with Gasteiger partial charge in [0, 0.05) is 5.41 Å². The highest BCUT2D eigenvalue weighted by atomic mass is 19.4. The monoisotopic (exact) mass is 182 g/mol. The third-order valence-corrected chi connectivity index (χ3v) is 2.93. The normalized spacial score (nSPS) is 35.5. The second-order valence-corrected chi connectivity index (χ2v) is 4.10. The maximum Gasteiger partial charge on any atom is 0.417 e. The topological polar surface area (TPSA) is 20.2 Å². The highest BCUT2D eigenvalue weighted by molar-refractivity contribution is 5.03. The Morgan fingerprint density at radius 2 is 1.67 bits per heavy atom. The lowest BCUT2D eigenvalue weighted by Crippen LogP contribution is -2.52. The number of aliphatic hydroxyl groups is 1. The van der Waals surface area contributed by atoms with E-state index in [2.05, 4.69) is 0 Å². The summed E-state index contributed by atoms with van der Waals surface area (Å²) in [6, 6.07) is 0. The zero-order valence-electron chi connectivity index (χ0n) is 7.20. The van der Waals surface area contributed by atoms with Crippen molar-refractivity contribution in [2.24, 2.45) is 5.41 Å². The van der Waals surface area contributed by atoms with Gasteiger partial charge in [0.15, 0.2) is 5.60 Å². The lowest BCUT2D eigenvalue weighted by atomic mass is 9.77. The standard InChI is InChI=1S/C8H13F3O/c1-6(2)4-3-5-7(6,12)8(9,10)11/h12H,3-5H2,1-2H3. The van der Waals surface area contributed by atoms with Crippen LogP contribution in [0.2, 0.25) is 0 Å². The molecule has 0 radical (unpaired) electrons. The van der Waals surface area contributed by atoms with Gasteiger partial charge in [-0.3, -0.25) is 0 Å². The molecule has 1 unspecified atom stereocenters. The molecule has 1 fully saturated rings. The predicted molar refractivity (Wildman–Crippen MR) is 38.6 cm³/mol. The molecule has 1 rings (SSSR count). The van der Waals surface area contributed by atoms with Crippen molar-refractivity contribution in [1.82, 2.24) is 0 Å². The molecule has 0 spiro atoms. The highest BCUT2D eigenvalue weighted by Gasteiger charge is 2.64. The first kappa shape index (κ1) is 9.84. The van der Waals surface area contributed by atoms with Gasteiger partial charge in [-0.05, 0) is 19.3 Å². The molecule has 0 aromatic heterocycles. The molecule has 0 amide bonds. The third-order valence-electron chi connectivity index (χ3n) is 2.93. The van der Waals surface area contributed by atoms with Gasteiger partial charge in [0.1, 0.15) is 0 Å². The molecule has 0 bridgehead atoms. The van der Waals surface area contributed by atoms with Crippen LogP contribution in [-0.2, 0) is 0 Å². The quantitative estimate of drug-likeness (QED) is 0.610. The Morgan fingerprint density at radius 1 is 1.17 bits per heavy atom. The fourth-order valence-corrected chi connectivity index (χ4v) is 1.86. The van der Waals surface area contributed by atoms with Crippen LogP contribution in [0.3, 0.4) is 0 Å². The number of hydrogen-bond donors (Lipinski definition) is 1. The lowest BCUT2D eigenvalue weighted by Gasteiger charge is -2.37. The summed E-state index contributed by atoms with van der Waals surface area (Å²) in [6.45, 7) is 2.93. The summed E-state index contributed by atoms with van der Waals surface area (Å²) in [7, 11) is 0. The minimum atomic E-state index is -4.49. The van der Waals surface area contributed by atoms with E-state index in [-0.39, 0.29) is 6.42 Å². The molecule has 0 heterocycles. The van der Waals surface area contributed by atoms with Gasteiger partial charge in [0.05, 0.1) is 0 Å². The summed E-state index contributed by atoms with van der Waals surface area (Å²) in [6.07, 6.45) is -3.78.